The average Bonchev–Trinajstić information content (AvgIpc) is 3.41. The van der Waals surface area contributed by atoms with Gasteiger partial charge in [0.15, 0.2) is 0 Å². The van der Waals surface area contributed by atoms with Crippen LogP contribution in [0.15, 0.2) is 102 Å². The Bertz CT molecular complexity index is 1710. The fourth-order valence-corrected chi connectivity index (χ4v) is 8.84. The lowest BCUT2D eigenvalue weighted by Crippen LogP contribution is -2.58. The minimum absolute atomic E-state index is 0.200. The molecular formula is C37H42N2O3S. The maximum absolute atomic E-state index is 14.0. The first-order valence-corrected chi connectivity index (χ1v) is 16.8. The second-order valence-corrected chi connectivity index (χ2v) is 14.9. The van der Waals surface area contributed by atoms with Gasteiger partial charge in [0.05, 0.1) is 23.6 Å². The van der Waals surface area contributed by atoms with Crippen LogP contribution in [0.2, 0.25) is 0 Å². The van der Waals surface area contributed by atoms with Crippen molar-refractivity contribution in [2.24, 2.45) is 0 Å². The first kappa shape index (κ1) is 29.6. The minimum atomic E-state index is -4.03. The van der Waals surface area contributed by atoms with Crippen LogP contribution in [0.1, 0.15) is 105 Å². The zero-order chi connectivity index (χ0) is 30.7. The number of anilines is 1. The topological polar surface area (TPSA) is 60.9 Å². The quantitative estimate of drug-likeness (QED) is 0.234. The molecule has 1 fully saturated rings. The molecule has 0 spiro atoms. The predicted octanol–water partition coefficient (Wildman–Crippen LogP) is 8.21. The Labute approximate surface area is 256 Å². The van der Waals surface area contributed by atoms with E-state index in [4.69, 9.17) is 0 Å². The van der Waals surface area contributed by atoms with Crippen LogP contribution in [0.25, 0.3) is 0 Å². The van der Waals surface area contributed by atoms with Crippen molar-refractivity contribution in [3.05, 3.63) is 130 Å². The van der Waals surface area contributed by atoms with E-state index in [1.54, 1.807) is 24.3 Å². The minimum Gasteiger partial charge on any atom is -0.359 e. The van der Waals surface area contributed by atoms with Crippen molar-refractivity contribution in [3.63, 3.8) is 0 Å². The molecular weight excluding hydrogens is 552 g/mol. The van der Waals surface area contributed by atoms with E-state index < -0.39 is 20.9 Å². The van der Waals surface area contributed by atoms with Gasteiger partial charge in [0.25, 0.3) is 5.06 Å². The molecule has 3 atom stereocenters. The molecule has 43 heavy (non-hydrogen) atoms. The standard InChI is InChI=1S/C37H42N2O3S/c1-24(2)29-21-30(25(3)4)36(31(22-29)26(5)6)38-23-39(37(40)32-19-13-14-20-33(32)43(37,41)42)35(28-17-11-8-12-18-28)34(38)27-15-9-7-10-16-27/h7-22,24-26,34-35,40H,23H2,1-6H3/t34-,35-,37?/m0/s1. The van der Waals surface area contributed by atoms with Gasteiger partial charge in [-0.3, -0.25) is 0 Å². The molecule has 1 N–H and O–H groups in total. The third kappa shape index (κ3) is 4.54. The molecule has 2 aliphatic heterocycles. The second kappa shape index (κ2) is 10.9. The number of aliphatic hydroxyl groups is 1. The van der Waals surface area contributed by atoms with E-state index >= 15 is 0 Å². The molecule has 1 unspecified atom stereocenters. The van der Waals surface area contributed by atoms with Crippen LogP contribution in [-0.2, 0) is 14.9 Å². The maximum Gasteiger partial charge on any atom is 0.257 e. The van der Waals surface area contributed by atoms with Gasteiger partial charge in [-0.05, 0) is 51.6 Å². The van der Waals surface area contributed by atoms with Crippen LogP contribution in [-0.4, -0.2) is 25.1 Å². The normalized spacial score (nSPS) is 23.2. The highest BCUT2D eigenvalue weighted by Gasteiger charge is 2.65. The van der Waals surface area contributed by atoms with Crippen molar-refractivity contribution >= 4 is 15.5 Å². The Morgan fingerprint density at radius 1 is 0.698 bits per heavy atom. The third-order valence-electron chi connectivity index (χ3n) is 9.24. The Balaban J connectivity index is 1.66. The highest BCUT2D eigenvalue weighted by molar-refractivity contribution is 7.93. The summed E-state index contributed by atoms with van der Waals surface area (Å²) < 4.78 is 27.9. The van der Waals surface area contributed by atoms with Crippen LogP contribution in [0, 0.1) is 0 Å². The van der Waals surface area contributed by atoms with Gasteiger partial charge in [-0.2, -0.15) is 0 Å². The van der Waals surface area contributed by atoms with Crippen LogP contribution in [0.3, 0.4) is 0 Å². The molecule has 224 valence electrons. The highest BCUT2D eigenvalue weighted by atomic mass is 32.2. The number of hydrogen-bond acceptors (Lipinski definition) is 5. The lowest BCUT2D eigenvalue weighted by atomic mass is 9.85. The summed E-state index contributed by atoms with van der Waals surface area (Å²) in [6, 6.07) is 31.2. The maximum atomic E-state index is 14.0. The number of hydrogen-bond donors (Lipinski definition) is 1. The molecule has 1 saturated heterocycles. The largest absolute Gasteiger partial charge is 0.359 e. The van der Waals surface area contributed by atoms with E-state index in [0.29, 0.717) is 11.5 Å². The van der Waals surface area contributed by atoms with Crippen molar-refractivity contribution in [2.75, 3.05) is 11.6 Å². The summed E-state index contributed by atoms with van der Waals surface area (Å²) >= 11 is 0. The molecule has 0 radical (unpaired) electrons. The summed E-state index contributed by atoms with van der Waals surface area (Å²) in [6.45, 7) is 13.6. The van der Waals surface area contributed by atoms with Gasteiger partial charge >= 0.3 is 0 Å². The zero-order valence-corrected chi connectivity index (χ0v) is 26.7. The molecule has 5 nitrogen and oxygen atoms in total. The Kier molecular flexibility index (Phi) is 7.52. The highest BCUT2D eigenvalue weighted by Crippen LogP contribution is 2.58. The van der Waals surface area contributed by atoms with Crippen molar-refractivity contribution in [2.45, 2.75) is 81.3 Å². The molecule has 6 heteroatoms. The summed E-state index contributed by atoms with van der Waals surface area (Å²) in [4.78, 5) is 4.39. The van der Waals surface area contributed by atoms with E-state index in [2.05, 4.69) is 70.7 Å². The van der Waals surface area contributed by atoms with Gasteiger partial charge in [0, 0.05) is 11.3 Å². The Morgan fingerprint density at radius 2 is 1.19 bits per heavy atom. The van der Waals surface area contributed by atoms with Crippen molar-refractivity contribution in [3.8, 4) is 0 Å². The van der Waals surface area contributed by atoms with Crippen LogP contribution < -0.4 is 4.90 Å². The van der Waals surface area contributed by atoms with Crippen molar-refractivity contribution in [1.82, 2.24) is 4.90 Å². The average molecular weight is 595 g/mol. The lowest BCUT2D eigenvalue weighted by molar-refractivity contribution is -0.0647. The first-order valence-electron chi connectivity index (χ1n) is 15.4. The number of sulfone groups is 1. The van der Waals surface area contributed by atoms with Crippen LogP contribution in [0.5, 0.6) is 0 Å². The monoisotopic (exact) mass is 594 g/mol. The van der Waals surface area contributed by atoms with Gasteiger partial charge in [-0.1, -0.05) is 133 Å². The van der Waals surface area contributed by atoms with Crippen molar-refractivity contribution < 1.29 is 13.5 Å². The van der Waals surface area contributed by atoms with E-state index in [0.717, 1.165) is 16.8 Å². The van der Waals surface area contributed by atoms with E-state index in [-0.39, 0.29) is 29.4 Å². The summed E-state index contributed by atoms with van der Waals surface area (Å²) in [7, 11) is -4.03. The molecule has 4 aromatic carbocycles. The number of fused-ring (bicyclic) bond motifs is 1. The van der Waals surface area contributed by atoms with Gasteiger partial charge in [-0.25, -0.2) is 13.3 Å². The number of benzene rings is 4. The van der Waals surface area contributed by atoms with Crippen LogP contribution >= 0.6 is 0 Å². The smallest absolute Gasteiger partial charge is 0.257 e. The van der Waals surface area contributed by atoms with E-state index in [1.807, 2.05) is 53.4 Å². The molecule has 2 heterocycles. The van der Waals surface area contributed by atoms with Gasteiger partial charge in [0.2, 0.25) is 9.84 Å². The van der Waals surface area contributed by atoms with Gasteiger partial charge in [-0.15, -0.1) is 0 Å². The summed E-state index contributed by atoms with van der Waals surface area (Å²) in [5.41, 5.74) is 7.40. The second-order valence-electron chi connectivity index (χ2n) is 12.9. The predicted molar refractivity (Wildman–Crippen MR) is 174 cm³/mol. The molecule has 0 bridgehead atoms. The van der Waals surface area contributed by atoms with Gasteiger partial charge in [0.1, 0.15) is 0 Å². The van der Waals surface area contributed by atoms with E-state index in [1.165, 1.54) is 16.7 Å². The molecule has 4 aromatic rings. The summed E-state index contributed by atoms with van der Waals surface area (Å²) in [6.07, 6.45) is 0. The molecule has 2 aliphatic rings. The lowest BCUT2D eigenvalue weighted by Gasteiger charge is -2.46. The number of nitrogens with zero attached hydrogens (tertiary/aromatic N) is 2. The fourth-order valence-electron chi connectivity index (χ4n) is 6.98. The Morgan fingerprint density at radius 3 is 1.70 bits per heavy atom. The summed E-state index contributed by atoms with van der Waals surface area (Å²) in [5, 5.41) is 10.3. The third-order valence-corrected chi connectivity index (χ3v) is 11.4. The van der Waals surface area contributed by atoms with Crippen LogP contribution in [0.4, 0.5) is 5.69 Å². The summed E-state index contributed by atoms with van der Waals surface area (Å²) in [5.74, 6) is 0.852. The molecule has 0 saturated carbocycles. The fraction of sp³-hybridized carbons (Fsp3) is 0.351. The molecule has 0 aromatic heterocycles. The molecule has 6 rings (SSSR count). The van der Waals surface area contributed by atoms with Gasteiger partial charge < -0.3 is 10.0 Å². The SMILES string of the molecule is CC(C)c1cc(C(C)C)c(N2CN(C3(O)c4ccccc4S3(=O)=O)[C@@H](c3ccccc3)[C@@H]2c2ccccc2)c(C(C)C)c1. The van der Waals surface area contributed by atoms with Crippen molar-refractivity contribution in [1.29, 1.82) is 0 Å². The Hall–Kier alpha value is -3.45. The zero-order valence-electron chi connectivity index (χ0n) is 25.9. The first-order chi connectivity index (χ1) is 20.5. The van der Waals surface area contributed by atoms with E-state index in [9.17, 15) is 13.5 Å². The molecule has 0 amide bonds. The number of rotatable bonds is 7. The molecule has 0 aliphatic carbocycles.